The maximum Gasteiger partial charge on any atom is 0.329 e. The fourth-order valence-corrected chi connectivity index (χ4v) is 2.76. The molecule has 0 heterocycles. The molecule has 1 atom stereocenters. The largest absolute Gasteiger partial charge is 0.497 e. The van der Waals surface area contributed by atoms with E-state index < -0.39 is 6.04 Å². The maximum atomic E-state index is 12.7. The molecule has 1 N–H and O–H groups in total. The number of rotatable bonds is 8. The number of methoxy groups -OCH3 is 1. The topological polar surface area (TPSA) is 47.6 Å². The van der Waals surface area contributed by atoms with Crippen LogP contribution in [-0.4, -0.2) is 19.1 Å². The summed E-state index contributed by atoms with van der Waals surface area (Å²) in [5.41, 5.74) is 2.88. The van der Waals surface area contributed by atoms with E-state index in [0.717, 1.165) is 22.6 Å². The molecule has 0 spiro atoms. The summed E-state index contributed by atoms with van der Waals surface area (Å²) in [5, 5.41) is 3.28. The van der Waals surface area contributed by atoms with Crippen LogP contribution in [-0.2, 0) is 22.6 Å². The van der Waals surface area contributed by atoms with E-state index >= 15 is 0 Å². The molecule has 0 unspecified atom stereocenters. The standard InChI is InChI=1S/C23H23NO3/c1-26-21-14-12-20(13-15-21)24-22(16-18-8-4-2-5-9-18)23(25)27-17-19-10-6-3-7-11-19/h2-15,22,24H,16-17H2,1H3/t22-/m0/s1. The molecule has 3 rings (SSSR count). The highest BCUT2D eigenvalue weighted by molar-refractivity contribution is 5.79. The van der Waals surface area contributed by atoms with Crippen LogP contribution in [0, 0.1) is 0 Å². The summed E-state index contributed by atoms with van der Waals surface area (Å²) in [7, 11) is 1.63. The number of nitrogens with one attached hydrogen (secondary N) is 1. The van der Waals surface area contributed by atoms with Gasteiger partial charge in [-0.15, -0.1) is 0 Å². The van der Waals surface area contributed by atoms with Crippen molar-refractivity contribution in [2.24, 2.45) is 0 Å². The Hall–Kier alpha value is -3.27. The van der Waals surface area contributed by atoms with Crippen molar-refractivity contribution in [1.29, 1.82) is 0 Å². The number of hydrogen-bond donors (Lipinski definition) is 1. The lowest BCUT2D eigenvalue weighted by molar-refractivity contribution is -0.145. The summed E-state index contributed by atoms with van der Waals surface area (Å²) in [6.45, 7) is 0.259. The third-order valence-corrected chi connectivity index (χ3v) is 4.22. The molecule has 0 bridgehead atoms. The van der Waals surface area contributed by atoms with Gasteiger partial charge in [-0.25, -0.2) is 4.79 Å². The minimum Gasteiger partial charge on any atom is -0.497 e. The van der Waals surface area contributed by atoms with Crippen molar-refractivity contribution < 1.29 is 14.3 Å². The van der Waals surface area contributed by atoms with Gasteiger partial charge >= 0.3 is 5.97 Å². The van der Waals surface area contributed by atoms with Crippen molar-refractivity contribution in [1.82, 2.24) is 0 Å². The van der Waals surface area contributed by atoms with Crippen LogP contribution in [0.2, 0.25) is 0 Å². The molecule has 4 heteroatoms. The molecule has 0 amide bonds. The lowest BCUT2D eigenvalue weighted by atomic mass is 10.1. The van der Waals surface area contributed by atoms with Crippen molar-refractivity contribution in [2.45, 2.75) is 19.1 Å². The number of carbonyl (C=O) groups excluding carboxylic acids is 1. The number of esters is 1. The van der Waals surface area contributed by atoms with E-state index in [1.54, 1.807) is 7.11 Å². The zero-order chi connectivity index (χ0) is 18.9. The summed E-state index contributed by atoms with van der Waals surface area (Å²) >= 11 is 0. The lowest BCUT2D eigenvalue weighted by Gasteiger charge is -2.19. The van der Waals surface area contributed by atoms with Gasteiger partial charge in [0, 0.05) is 12.1 Å². The molecule has 3 aromatic rings. The van der Waals surface area contributed by atoms with Gasteiger partial charge in [-0.3, -0.25) is 0 Å². The molecule has 0 aliphatic rings. The molecule has 0 aliphatic carbocycles. The van der Waals surface area contributed by atoms with Gasteiger partial charge < -0.3 is 14.8 Å². The maximum absolute atomic E-state index is 12.7. The quantitative estimate of drug-likeness (QED) is 0.602. The van der Waals surface area contributed by atoms with Crippen LogP contribution in [0.4, 0.5) is 5.69 Å². The van der Waals surface area contributed by atoms with Gasteiger partial charge in [0.2, 0.25) is 0 Å². The van der Waals surface area contributed by atoms with Crippen molar-refractivity contribution in [2.75, 3.05) is 12.4 Å². The Morgan fingerprint density at radius 3 is 2.04 bits per heavy atom. The molecule has 138 valence electrons. The Morgan fingerprint density at radius 2 is 1.44 bits per heavy atom. The van der Waals surface area contributed by atoms with E-state index in [4.69, 9.17) is 9.47 Å². The molecular formula is C23H23NO3. The first-order chi connectivity index (χ1) is 13.2. The van der Waals surface area contributed by atoms with Gasteiger partial charge in [-0.05, 0) is 35.4 Å². The smallest absolute Gasteiger partial charge is 0.329 e. The highest BCUT2D eigenvalue weighted by atomic mass is 16.5. The van der Waals surface area contributed by atoms with Crippen LogP contribution in [0.3, 0.4) is 0 Å². The van der Waals surface area contributed by atoms with Crippen LogP contribution in [0.25, 0.3) is 0 Å². The van der Waals surface area contributed by atoms with E-state index in [9.17, 15) is 4.79 Å². The Kier molecular flexibility index (Phi) is 6.47. The predicted molar refractivity (Wildman–Crippen MR) is 107 cm³/mol. The first-order valence-corrected chi connectivity index (χ1v) is 8.89. The summed E-state index contributed by atoms with van der Waals surface area (Å²) in [6.07, 6.45) is 0.542. The predicted octanol–water partition coefficient (Wildman–Crippen LogP) is 4.46. The monoisotopic (exact) mass is 361 g/mol. The molecule has 0 aliphatic heterocycles. The molecular weight excluding hydrogens is 338 g/mol. The van der Waals surface area contributed by atoms with Gasteiger partial charge in [0.1, 0.15) is 18.4 Å². The van der Waals surface area contributed by atoms with E-state index in [2.05, 4.69) is 5.32 Å². The zero-order valence-corrected chi connectivity index (χ0v) is 15.3. The molecule has 0 saturated carbocycles. The van der Waals surface area contributed by atoms with Crippen LogP contribution in [0.5, 0.6) is 5.75 Å². The van der Waals surface area contributed by atoms with Crippen LogP contribution in [0.1, 0.15) is 11.1 Å². The summed E-state index contributed by atoms with van der Waals surface area (Å²) in [6, 6.07) is 26.6. The molecule has 0 fully saturated rings. The van der Waals surface area contributed by atoms with E-state index in [-0.39, 0.29) is 12.6 Å². The number of ether oxygens (including phenoxy) is 2. The highest BCUT2D eigenvalue weighted by Gasteiger charge is 2.20. The van der Waals surface area contributed by atoms with Crippen LogP contribution < -0.4 is 10.1 Å². The molecule has 0 aromatic heterocycles. The zero-order valence-electron chi connectivity index (χ0n) is 15.3. The first-order valence-electron chi connectivity index (χ1n) is 8.89. The molecule has 0 saturated heterocycles. The second-order valence-corrected chi connectivity index (χ2v) is 6.21. The van der Waals surface area contributed by atoms with Gasteiger partial charge in [-0.2, -0.15) is 0 Å². The average molecular weight is 361 g/mol. The van der Waals surface area contributed by atoms with E-state index in [0.29, 0.717) is 6.42 Å². The fourth-order valence-electron chi connectivity index (χ4n) is 2.76. The first kappa shape index (κ1) is 18.5. The van der Waals surface area contributed by atoms with Gasteiger partial charge in [-0.1, -0.05) is 60.7 Å². The second-order valence-electron chi connectivity index (χ2n) is 6.21. The van der Waals surface area contributed by atoms with Crippen LogP contribution >= 0.6 is 0 Å². The lowest BCUT2D eigenvalue weighted by Crippen LogP contribution is -2.33. The molecule has 3 aromatic carbocycles. The third-order valence-electron chi connectivity index (χ3n) is 4.22. The van der Waals surface area contributed by atoms with Crippen molar-refractivity contribution in [3.05, 3.63) is 96.1 Å². The Labute approximate surface area is 159 Å². The summed E-state index contributed by atoms with van der Waals surface area (Å²) in [5.74, 6) is 0.491. The normalized spacial score (nSPS) is 11.4. The van der Waals surface area contributed by atoms with Gasteiger partial charge in [0.15, 0.2) is 0 Å². The minimum atomic E-state index is -0.482. The molecule has 4 nitrogen and oxygen atoms in total. The number of hydrogen-bond acceptors (Lipinski definition) is 4. The number of anilines is 1. The average Bonchev–Trinajstić information content (AvgIpc) is 2.73. The van der Waals surface area contributed by atoms with Crippen molar-refractivity contribution >= 4 is 11.7 Å². The minimum absolute atomic E-state index is 0.259. The van der Waals surface area contributed by atoms with Crippen molar-refractivity contribution in [3.8, 4) is 5.75 Å². The molecule has 27 heavy (non-hydrogen) atoms. The Balaban J connectivity index is 1.70. The summed E-state index contributed by atoms with van der Waals surface area (Å²) in [4.78, 5) is 12.7. The third kappa shape index (κ3) is 5.61. The Bertz CT molecular complexity index is 833. The SMILES string of the molecule is COc1ccc(N[C@@H](Cc2ccccc2)C(=O)OCc2ccccc2)cc1. The number of benzene rings is 3. The van der Waals surface area contributed by atoms with E-state index in [1.807, 2.05) is 84.9 Å². The van der Waals surface area contributed by atoms with Gasteiger partial charge in [0.05, 0.1) is 7.11 Å². The van der Waals surface area contributed by atoms with Crippen LogP contribution in [0.15, 0.2) is 84.9 Å². The Morgan fingerprint density at radius 1 is 0.852 bits per heavy atom. The van der Waals surface area contributed by atoms with E-state index in [1.165, 1.54) is 0 Å². The molecule has 0 radical (unpaired) electrons. The van der Waals surface area contributed by atoms with Crippen molar-refractivity contribution in [3.63, 3.8) is 0 Å². The summed E-state index contributed by atoms with van der Waals surface area (Å²) < 4.78 is 10.7. The fraction of sp³-hybridized carbons (Fsp3) is 0.174. The number of carbonyl (C=O) groups is 1. The highest BCUT2D eigenvalue weighted by Crippen LogP contribution is 2.18. The second kappa shape index (κ2) is 9.43. The van der Waals surface area contributed by atoms with Gasteiger partial charge in [0.25, 0.3) is 0 Å².